The van der Waals surface area contributed by atoms with Crippen molar-refractivity contribution in [3.8, 4) is 0 Å². The lowest BCUT2D eigenvalue weighted by Gasteiger charge is -2.11. The number of aliphatic hydroxyl groups is 1. The van der Waals surface area contributed by atoms with Crippen molar-refractivity contribution in [2.45, 2.75) is 17.8 Å². The molecule has 6 nitrogen and oxygen atoms in total. The third-order valence-electron chi connectivity index (χ3n) is 3.08. The predicted molar refractivity (Wildman–Crippen MR) is 77.7 cm³/mol. The van der Waals surface area contributed by atoms with Crippen LogP contribution in [0, 0.1) is 11.6 Å². The summed E-state index contributed by atoms with van der Waals surface area (Å²) in [4.78, 5) is 0. The van der Waals surface area contributed by atoms with Gasteiger partial charge in [-0.2, -0.15) is 0 Å². The molecule has 3 aromatic rings. The number of hydrogen-bond donors (Lipinski definition) is 1. The van der Waals surface area contributed by atoms with Gasteiger partial charge in [0.2, 0.25) is 5.16 Å². The number of tetrazole rings is 1. The summed E-state index contributed by atoms with van der Waals surface area (Å²) in [5.74, 6) is -0.660. The minimum Gasteiger partial charge on any atom is -0.467 e. The van der Waals surface area contributed by atoms with E-state index in [1.807, 2.05) is 0 Å². The fraction of sp³-hybridized carbons (Fsp3) is 0.214. The van der Waals surface area contributed by atoms with Crippen molar-refractivity contribution in [1.82, 2.24) is 20.2 Å². The molecule has 0 bridgehead atoms. The number of thioether (sulfide) groups is 1. The van der Waals surface area contributed by atoms with Gasteiger partial charge in [0, 0.05) is 17.4 Å². The molecule has 0 amide bonds. The molecule has 0 fully saturated rings. The largest absolute Gasteiger partial charge is 0.467 e. The average molecular weight is 338 g/mol. The van der Waals surface area contributed by atoms with Crippen LogP contribution in [0.3, 0.4) is 0 Å². The van der Waals surface area contributed by atoms with Crippen molar-refractivity contribution < 1.29 is 18.3 Å². The third-order valence-corrected chi connectivity index (χ3v) is 4.11. The van der Waals surface area contributed by atoms with Crippen LogP contribution in [0.15, 0.2) is 46.2 Å². The minimum atomic E-state index is -1.10. The van der Waals surface area contributed by atoms with Gasteiger partial charge >= 0.3 is 0 Å². The maximum absolute atomic E-state index is 13.6. The Morgan fingerprint density at radius 3 is 2.91 bits per heavy atom. The second-order valence-corrected chi connectivity index (χ2v) is 5.68. The monoisotopic (exact) mass is 338 g/mol. The zero-order chi connectivity index (χ0) is 16.2. The normalized spacial score (nSPS) is 12.5. The SMILES string of the molecule is OC(CSc1nnnn1Cc1ccco1)c1ccc(F)cc1F. The minimum absolute atomic E-state index is 0.0314. The summed E-state index contributed by atoms with van der Waals surface area (Å²) in [7, 11) is 0. The van der Waals surface area contributed by atoms with E-state index in [1.54, 1.807) is 18.4 Å². The third kappa shape index (κ3) is 3.74. The molecule has 2 heterocycles. The highest BCUT2D eigenvalue weighted by atomic mass is 32.2. The standard InChI is InChI=1S/C14H12F2N4O2S/c15-9-3-4-11(12(16)6-9)13(21)8-23-14-17-18-19-20(14)7-10-2-1-5-22-10/h1-6,13,21H,7-8H2. The molecule has 23 heavy (non-hydrogen) atoms. The van der Waals surface area contributed by atoms with Crippen molar-refractivity contribution in [3.05, 3.63) is 59.6 Å². The highest BCUT2D eigenvalue weighted by Crippen LogP contribution is 2.25. The topological polar surface area (TPSA) is 77.0 Å². The van der Waals surface area contributed by atoms with E-state index < -0.39 is 17.7 Å². The Morgan fingerprint density at radius 1 is 1.30 bits per heavy atom. The van der Waals surface area contributed by atoms with E-state index in [-0.39, 0.29) is 11.3 Å². The van der Waals surface area contributed by atoms with Crippen molar-refractivity contribution in [2.24, 2.45) is 0 Å². The van der Waals surface area contributed by atoms with Crippen LogP contribution in [0.2, 0.25) is 0 Å². The summed E-state index contributed by atoms with van der Waals surface area (Å²) in [5, 5.41) is 21.8. The highest BCUT2D eigenvalue weighted by Gasteiger charge is 2.16. The molecule has 2 aromatic heterocycles. The van der Waals surface area contributed by atoms with Crippen LogP contribution < -0.4 is 0 Å². The molecule has 0 radical (unpaired) electrons. The van der Waals surface area contributed by atoms with Crippen molar-refractivity contribution in [3.63, 3.8) is 0 Å². The fourth-order valence-corrected chi connectivity index (χ4v) is 2.80. The first-order valence-electron chi connectivity index (χ1n) is 6.68. The lowest BCUT2D eigenvalue weighted by atomic mass is 10.1. The van der Waals surface area contributed by atoms with Crippen LogP contribution in [0.1, 0.15) is 17.4 Å². The van der Waals surface area contributed by atoms with Crippen LogP contribution >= 0.6 is 11.8 Å². The first-order valence-corrected chi connectivity index (χ1v) is 7.66. The first-order chi connectivity index (χ1) is 11.1. The highest BCUT2D eigenvalue weighted by molar-refractivity contribution is 7.99. The molecule has 9 heteroatoms. The molecule has 0 saturated carbocycles. The Morgan fingerprint density at radius 2 is 2.17 bits per heavy atom. The van der Waals surface area contributed by atoms with Gasteiger partial charge in [-0.1, -0.05) is 17.8 Å². The van der Waals surface area contributed by atoms with E-state index >= 15 is 0 Å². The fourth-order valence-electron chi connectivity index (χ4n) is 1.96. The van der Waals surface area contributed by atoms with Gasteiger partial charge in [0.1, 0.15) is 23.9 Å². The van der Waals surface area contributed by atoms with Crippen molar-refractivity contribution >= 4 is 11.8 Å². The summed E-state index contributed by atoms with van der Waals surface area (Å²) in [6.07, 6.45) is 0.447. The van der Waals surface area contributed by atoms with Crippen LogP contribution in [0.4, 0.5) is 8.78 Å². The molecule has 0 saturated heterocycles. The van der Waals surface area contributed by atoms with Gasteiger partial charge in [-0.25, -0.2) is 13.5 Å². The molecule has 0 aliphatic carbocycles. The maximum Gasteiger partial charge on any atom is 0.209 e. The van der Waals surface area contributed by atoms with Crippen LogP contribution in [-0.4, -0.2) is 31.1 Å². The molecule has 1 atom stereocenters. The Bertz CT molecular complexity index is 779. The molecule has 1 unspecified atom stereocenters. The number of nitrogens with zero attached hydrogens (tertiary/aromatic N) is 4. The van der Waals surface area contributed by atoms with Crippen LogP contribution in [0.5, 0.6) is 0 Å². The van der Waals surface area contributed by atoms with Gasteiger partial charge in [0.05, 0.1) is 12.4 Å². The number of benzene rings is 1. The maximum atomic E-state index is 13.6. The van der Waals surface area contributed by atoms with E-state index in [0.29, 0.717) is 17.5 Å². The van der Waals surface area contributed by atoms with Gasteiger partial charge < -0.3 is 9.52 Å². The molecule has 0 spiro atoms. The van der Waals surface area contributed by atoms with Gasteiger partial charge in [0.15, 0.2) is 0 Å². The molecule has 120 valence electrons. The summed E-state index contributed by atoms with van der Waals surface area (Å²) in [6.45, 7) is 0.351. The molecule has 0 aliphatic rings. The number of halogens is 2. The van der Waals surface area contributed by atoms with E-state index in [9.17, 15) is 13.9 Å². The molecule has 3 rings (SSSR count). The van der Waals surface area contributed by atoms with E-state index in [1.165, 1.54) is 22.5 Å². The molecular formula is C14H12F2N4O2S. The van der Waals surface area contributed by atoms with Gasteiger partial charge in [-0.3, -0.25) is 0 Å². The Kier molecular flexibility index (Phi) is 4.68. The summed E-state index contributed by atoms with van der Waals surface area (Å²) in [5.41, 5.74) is 0.0314. The predicted octanol–water partition coefficient (Wildman–Crippen LogP) is 2.42. The summed E-state index contributed by atoms with van der Waals surface area (Å²) in [6, 6.07) is 6.62. The summed E-state index contributed by atoms with van der Waals surface area (Å²) < 4.78 is 33.3. The second kappa shape index (κ2) is 6.88. The smallest absolute Gasteiger partial charge is 0.209 e. The van der Waals surface area contributed by atoms with Gasteiger partial charge in [-0.15, -0.1) is 5.10 Å². The van der Waals surface area contributed by atoms with Gasteiger partial charge in [-0.05, 0) is 28.6 Å². The van der Waals surface area contributed by atoms with Gasteiger partial charge in [0.25, 0.3) is 0 Å². The Labute approximate surface area is 134 Å². The second-order valence-electron chi connectivity index (χ2n) is 4.69. The number of hydrogen-bond acceptors (Lipinski definition) is 6. The Balaban J connectivity index is 1.65. The molecule has 1 N–H and O–H groups in total. The lowest BCUT2D eigenvalue weighted by Crippen LogP contribution is -2.07. The van der Waals surface area contributed by atoms with E-state index in [4.69, 9.17) is 4.42 Å². The zero-order valence-electron chi connectivity index (χ0n) is 11.8. The number of furan rings is 1. The number of aliphatic hydroxyl groups excluding tert-OH is 1. The number of rotatable bonds is 6. The van der Waals surface area contributed by atoms with Crippen LogP contribution in [0.25, 0.3) is 0 Å². The quantitative estimate of drug-likeness (QED) is 0.696. The van der Waals surface area contributed by atoms with Crippen LogP contribution in [-0.2, 0) is 6.54 Å². The molecular weight excluding hydrogens is 326 g/mol. The van der Waals surface area contributed by atoms with Crippen molar-refractivity contribution in [2.75, 3.05) is 5.75 Å². The van der Waals surface area contributed by atoms with Crippen molar-refractivity contribution in [1.29, 1.82) is 0 Å². The zero-order valence-corrected chi connectivity index (χ0v) is 12.6. The summed E-state index contributed by atoms with van der Waals surface area (Å²) >= 11 is 1.17. The molecule has 1 aromatic carbocycles. The first kappa shape index (κ1) is 15.6. The Hall–Kier alpha value is -2.26. The number of aromatic nitrogens is 4. The van der Waals surface area contributed by atoms with E-state index in [2.05, 4.69) is 15.5 Å². The van der Waals surface area contributed by atoms with E-state index in [0.717, 1.165) is 12.1 Å². The molecule has 0 aliphatic heterocycles. The average Bonchev–Trinajstić information content (AvgIpc) is 3.17. The lowest BCUT2D eigenvalue weighted by molar-refractivity contribution is 0.198.